The molecular formula is C14H14IN3O3. The van der Waals surface area contributed by atoms with Crippen LogP contribution in [-0.2, 0) is 7.05 Å². The maximum absolute atomic E-state index is 12.4. The molecule has 2 aromatic rings. The Bertz CT molecular complexity index is 737. The summed E-state index contributed by atoms with van der Waals surface area (Å²) in [6.07, 6.45) is 0. The van der Waals surface area contributed by atoms with Crippen LogP contribution in [0.5, 0.6) is 0 Å². The summed E-state index contributed by atoms with van der Waals surface area (Å²) >= 11 is 2.03. The number of rotatable bonds is 3. The van der Waals surface area contributed by atoms with Crippen molar-refractivity contribution in [1.82, 2.24) is 9.78 Å². The highest BCUT2D eigenvalue weighted by molar-refractivity contribution is 14.1. The number of halogens is 1. The van der Waals surface area contributed by atoms with E-state index in [0.29, 0.717) is 11.3 Å². The highest BCUT2D eigenvalue weighted by Gasteiger charge is 2.19. The smallest absolute Gasteiger partial charge is 0.337 e. The van der Waals surface area contributed by atoms with Gasteiger partial charge in [0, 0.05) is 16.3 Å². The zero-order chi connectivity index (χ0) is 15.7. The highest BCUT2D eigenvalue weighted by Crippen LogP contribution is 2.21. The van der Waals surface area contributed by atoms with Crippen molar-refractivity contribution in [2.75, 3.05) is 5.32 Å². The second kappa shape index (κ2) is 5.84. The maximum atomic E-state index is 12.4. The third-order valence-corrected chi connectivity index (χ3v) is 3.87. The van der Waals surface area contributed by atoms with Gasteiger partial charge in [0.05, 0.1) is 22.5 Å². The minimum Gasteiger partial charge on any atom is -0.478 e. The van der Waals surface area contributed by atoms with Crippen molar-refractivity contribution in [3.8, 4) is 0 Å². The monoisotopic (exact) mass is 399 g/mol. The Balaban J connectivity index is 2.38. The van der Waals surface area contributed by atoms with E-state index < -0.39 is 5.97 Å². The zero-order valence-corrected chi connectivity index (χ0v) is 13.9. The number of hydrogen-bond acceptors (Lipinski definition) is 3. The number of nitrogens with zero attached hydrogens (tertiary/aromatic N) is 2. The Hall–Kier alpha value is -1.90. The van der Waals surface area contributed by atoms with Crippen LogP contribution in [0.15, 0.2) is 18.2 Å². The number of amides is 1. The molecule has 110 valence electrons. The molecule has 0 radical (unpaired) electrons. The SMILES string of the molecule is Cc1nn(C)c(C)c1C(=O)Nc1ccc(I)cc1C(=O)O. The van der Waals surface area contributed by atoms with Crippen LogP contribution in [0.2, 0.25) is 0 Å². The lowest BCUT2D eigenvalue weighted by molar-refractivity contribution is 0.0698. The van der Waals surface area contributed by atoms with Gasteiger partial charge in [-0.3, -0.25) is 9.48 Å². The predicted molar refractivity (Wildman–Crippen MR) is 86.8 cm³/mol. The molecule has 0 atom stereocenters. The fourth-order valence-electron chi connectivity index (χ4n) is 2.09. The third-order valence-electron chi connectivity index (χ3n) is 3.20. The van der Waals surface area contributed by atoms with Gasteiger partial charge in [0.1, 0.15) is 0 Å². The molecule has 0 fully saturated rings. The minimum atomic E-state index is -1.08. The van der Waals surface area contributed by atoms with Gasteiger partial charge in [-0.05, 0) is 54.6 Å². The van der Waals surface area contributed by atoms with Gasteiger partial charge in [0.2, 0.25) is 0 Å². The molecule has 1 amide bonds. The van der Waals surface area contributed by atoms with E-state index in [1.807, 2.05) is 22.6 Å². The summed E-state index contributed by atoms with van der Waals surface area (Å²) in [5, 5.41) is 16.1. The molecule has 0 spiro atoms. The van der Waals surface area contributed by atoms with Gasteiger partial charge in [-0.1, -0.05) is 0 Å². The van der Waals surface area contributed by atoms with Crippen LogP contribution in [0.4, 0.5) is 5.69 Å². The molecule has 21 heavy (non-hydrogen) atoms. The van der Waals surface area contributed by atoms with E-state index in [4.69, 9.17) is 0 Å². The highest BCUT2D eigenvalue weighted by atomic mass is 127. The average molecular weight is 399 g/mol. The fraction of sp³-hybridized carbons (Fsp3) is 0.214. The molecular weight excluding hydrogens is 385 g/mol. The number of aryl methyl sites for hydroxylation is 2. The van der Waals surface area contributed by atoms with Crippen molar-refractivity contribution in [1.29, 1.82) is 0 Å². The summed E-state index contributed by atoms with van der Waals surface area (Å²) in [7, 11) is 1.76. The number of anilines is 1. The first kappa shape index (κ1) is 15.5. The van der Waals surface area contributed by atoms with E-state index in [9.17, 15) is 14.7 Å². The van der Waals surface area contributed by atoms with E-state index >= 15 is 0 Å². The van der Waals surface area contributed by atoms with Crippen molar-refractivity contribution in [3.05, 3.63) is 44.3 Å². The van der Waals surface area contributed by atoms with Crippen molar-refractivity contribution >= 4 is 40.2 Å². The van der Waals surface area contributed by atoms with Crippen molar-refractivity contribution in [3.63, 3.8) is 0 Å². The van der Waals surface area contributed by atoms with E-state index in [0.717, 1.165) is 9.26 Å². The predicted octanol–water partition coefficient (Wildman–Crippen LogP) is 2.59. The van der Waals surface area contributed by atoms with Crippen LogP contribution in [0.3, 0.4) is 0 Å². The Morgan fingerprint density at radius 1 is 1.33 bits per heavy atom. The van der Waals surface area contributed by atoms with Crippen LogP contribution in [0, 0.1) is 17.4 Å². The third kappa shape index (κ3) is 3.07. The fourth-order valence-corrected chi connectivity index (χ4v) is 2.58. The molecule has 2 N–H and O–H groups in total. The summed E-state index contributed by atoms with van der Waals surface area (Å²) in [5.74, 6) is -1.44. The topological polar surface area (TPSA) is 84.2 Å². The van der Waals surface area contributed by atoms with Crippen molar-refractivity contribution in [2.24, 2.45) is 7.05 Å². The Morgan fingerprint density at radius 3 is 2.52 bits per heavy atom. The number of nitrogens with one attached hydrogen (secondary N) is 1. The van der Waals surface area contributed by atoms with Gasteiger partial charge in [-0.2, -0.15) is 5.10 Å². The molecule has 0 bridgehead atoms. The molecule has 0 aliphatic carbocycles. The lowest BCUT2D eigenvalue weighted by atomic mass is 10.1. The lowest BCUT2D eigenvalue weighted by Crippen LogP contribution is -2.16. The van der Waals surface area contributed by atoms with Gasteiger partial charge in [0.25, 0.3) is 5.91 Å². The number of carboxylic acid groups (broad SMARTS) is 1. The first-order valence-electron chi connectivity index (χ1n) is 6.15. The number of carbonyl (C=O) groups excluding carboxylic acids is 1. The molecule has 0 aliphatic heterocycles. The number of aromatic carboxylic acids is 1. The molecule has 0 aliphatic rings. The molecule has 1 heterocycles. The summed E-state index contributed by atoms with van der Waals surface area (Å²) < 4.78 is 2.41. The molecule has 0 saturated heterocycles. The molecule has 0 unspecified atom stereocenters. The molecule has 2 rings (SSSR count). The first-order valence-corrected chi connectivity index (χ1v) is 7.23. The van der Waals surface area contributed by atoms with Gasteiger partial charge < -0.3 is 10.4 Å². The Labute approximate surface area is 135 Å². The standard InChI is InChI=1S/C14H14IN3O3/c1-7-12(8(2)18(3)17-7)13(19)16-11-5-4-9(15)6-10(11)14(20)21/h4-6H,1-3H3,(H,16,19)(H,20,21). The van der Waals surface area contributed by atoms with Gasteiger partial charge in [0.15, 0.2) is 0 Å². The molecule has 0 saturated carbocycles. The molecule has 6 nitrogen and oxygen atoms in total. The van der Waals surface area contributed by atoms with E-state index in [1.165, 1.54) is 6.07 Å². The Morgan fingerprint density at radius 2 is 2.00 bits per heavy atom. The Kier molecular flexibility index (Phi) is 4.31. The van der Waals surface area contributed by atoms with Gasteiger partial charge >= 0.3 is 5.97 Å². The second-order valence-electron chi connectivity index (χ2n) is 4.62. The number of benzene rings is 1. The van der Waals surface area contributed by atoms with E-state index in [-0.39, 0.29) is 17.2 Å². The zero-order valence-electron chi connectivity index (χ0n) is 11.8. The summed E-state index contributed by atoms with van der Waals surface area (Å²) in [6, 6.07) is 4.84. The minimum absolute atomic E-state index is 0.0643. The molecule has 1 aromatic heterocycles. The first-order chi connectivity index (χ1) is 9.81. The van der Waals surface area contributed by atoms with Crippen LogP contribution in [0.25, 0.3) is 0 Å². The summed E-state index contributed by atoms with van der Waals surface area (Å²) in [4.78, 5) is 23.6. The normalized spacial score (nSPS) is 10.5. The van der Waals surface area contributed by atoms with Crippen LogP contribution >= 0.6 is 22.6 Å². The average Bonchev–Trinajstić information content (AvgIpc) is 2.65. The van der Waals surface area contributed by atoms with Crippen LogP contribution < -0.4 is 5.32 Å². The van der Waals surface area contributed by atoms with Gasteiger partial charge in [-0.15, -0.1) is 0 Å². The maximum Gasteiger partial charge on any atom is 0.337 e. The molecule has 7 heteroatoms. The van der Waals surface area contributed by atoms with Crippen molar-refractivity contribution in [2.45, 2.75) is 13.8 Å². The molecule has 1 aromatic carbocycles. The van der Waals surface area contributed by atoms with Crippen molar-refractivity contribution < 1.29 is 14.7 Å². The number of carbonyl (C=O) groups is 2. The van der Waals surface area contributed by atoms with Crippen LogP contribution in [0.1, 0.15) is 32.1 Å². The summed E-state index contributed by atoms with van der Waals surface area (Å²) in [5.41, 5.74) is 2.14. The number of carboxylic acids is 1. The van der Waals surface area contributed by atoms with E-state index in [2.05, 4.69) is 10.4 Å². The number of aromatic nitrogens is 2. The van der Waals surface area contributed by atoms with Gasteiger partial charge in [-0.25, -0.2) is 4.79 Å². The lowest BCUT2D eigenvalue weighted by Gasteiger charge is -2.09. The van der Waals surface area contributed by atoms with E-state index in [1.54, 1.807) is 37.7 Å². The number of hydrogen-bond donors (Lipinski definition) is 2. The summed E-state index contributed by atoms with van der Waals surface area (Å²) in [6.45, 7) is 3.54. The van der Waals surface area contributed by atoms with Crippen LogP contribution in [-0.4, -0.2) is 26.8 Å². The quantitative estimate of drug-likeness (QED) is 0.778. The second-order valence-corrected chi connectivity index (χ2v) is 5.86. The largest absolute Gasteiger partial charge is 0.478 e.